The van der Waals surface area contributed by atoms with E-state index in [1.165, 1.54) is 6.07 Å². The van der Waals surface area contributed by atoms with Crippen LogP contribution in [0.2, 0.25) is 5.02 Å². The first kappa shape index (κ1) is 35.5. The fraction of sp³-hybridized carbons (Fsp3) is 0.0541. The number of alkyl halides is 3. The van der Waals surface area contributed by atoms with E-state index < -0.39 is 40.4 Å². The first-order valence-electron chi connectivity index (χ1n) is 14.6. The van der Waals surface area contributed by atoms with Gasteiger partial charge in [0.1, 0.15) is 10.9 Å². The van der Waals surface area contributed by atoms with E-state index in [9.17, 15) is 27.6 Å². The highest BCUT2D eigenvalue weighted by molar-refractivity contribution is 9.10. The molecule has 0 aromatic heterocycles. The van der Waals surface area contributed by atoms with Crippen molar-refractivity contribution in [1.29, 1.82) is 0 Å². The number of amides is 3. The smallest absolute Gasteiger partial charge is 0.324 e. The minimum atomic E-state index is -4.75. The van der Waals surface area contributed by atoms with E-state index in [1.54, 1.807) is 109 Å². The minimum absolute atomic E-state index is 0.0185. The fourth-order valence-corrected chi connectivity index (χ4v) is 6.32. The van der Waals surface area contributed by atoms with Gasteiger partial charge >= 0.3 is 6.18 Å². The summed E-state index contributed by atoms with van der Waals surface area (Å²) < 4.78 is 42.1. The molecule has 12 heteroatoms. The number of thioether (sulfide) groups is 1. The van der Waals surface area contributed by atoms with E-state index in [1.807, 2.05) is 6.07 Å². The zero-order valence-corrected chi connectivity index (χ0v) is 28.5. The fourth-order valence-electron chi connectivity index (χ4n) is 4.65. The summed E-state index contributed by atoms with van der Waals surface area (Å²) in [6.07, 6.45) is -3.21. The van der Waals surface area contributed by atoms with Crippen LogP contribution in [0.3, 0.4) is 0 Å². The van der Waals surface area contributed by atoms with Crippen molar-refractivity contribution < 1.29 is 27.6 Å². The van der Waals surface area contributed by atoms with Crippen molar-refractivity contribution >= 4 is 74.5 Å². The molecule has 0 bridgehead atoms. The predicted molar refractivity (Wildman–Crippen MR) is 191 cm³/mol. The van der Waals surface area contributed by atoms with E-state index in [4.69, 9.17) is 11.6 Å². The summed E-state index contributed by atoms with van der Waals surface area (Å²) >= 11 is 10.3. The molecule has 3 N–H and O–H groups in total. The van der Waals surface area contributed by atoms with Crippen LogP contribution in [0.4, 0.5) is 24.5 Å². The molecule has 6 nitrogen and oxygen atoms in total. The van der Waals surface area contributed by atoms with Crippen LogP contribution in [0.5, 0.6) is 0 Å². The van der Waals surface area contributed by atoms with Crippen molar-refractivity contribution in [3.63, 3.8) is 0 Å². The number of carbonyl (C=O) groups is 3. The highest BCUT2D eigenvalue weighted by atomic mass is 79.9. The van der Waals surface area contributed by atoms with Gasteiger partial charge in [-0.15, -0.1) is 11.8 Å². The van der Waals surface area contributed by atoms with Gasteiger partial charge in [-0.2, -0.15) is 13.2 Å². The molecule has 0 fully saturated rings. The van der Waals surface area contributed by atoms with Crippen LogP contribution < -0.4 is 16.0 Å². The molecular formula is C37H26BrClF3N3O3S. The molecular weight excluding hydrogens is 739 g/mol. The Morgan fingerprint density at radius 3 is 2.16 bits per heavy atom. The summed E-state index contributed by atoms with van der Waals surface area (Å²) in [4.78, 5) is 40.7. The molecule has 0 spiro atoms. The summed E-state index contributed by atoms with van der Waals surface area (Å²) in [6, 6.07) is 34.0. The Hall–Kier alpha value is -4.84. The second-order valence-electron chi connectivity index (χ2n) is 10.5. The van der Waals surface area contributed by atoms with Gasteiger partial charge in [0.2, 0.25) is 5.91 Å². The molecule has 5 rings (SSSR count). The van der Waals surface area contributed by atoms with E-state index in [-0.39, 0.29) is 10.7 Å². The lowest BCUT2D eigenvalue weighted by Crippen LogP contribution is -2.30. The van der Waals surface area contributed by atoms with Gasteiger partial charge in [-0.25, -0.2) is 0 Å². The summed E-state index contributed by atoms with van der Waals surface area (Å²) in [7, 11) is 0. The predicted octanol–water partition coefficient (Wildman–Crippen LogP) is 10.0. The van der Waals surface area contributed by atoms with Gasteiger partial charge < -0.3 is 16.0 Å². The standard InChI is InChI=1S/C37H26BrClF3N3O3S/c38-26-14-7-9-23(19-26)20-32(45-34(46)25-12-5-2-6-13-25)35(47)43-28-15-8-16-29(22-28)49-33(24-10-3-1-4-11-24)36(48)44-31-18-17-27(39)21-30(31)37(40,41)42/h1-22,33H,(H,43,47)(H,44,48)(H,45,46)/b32-20+. The molecule has 1 unspecified atom stereocenters. The molecule has 1 atom stereocenters. The minimum Gasteiger partial charge on any atom is -0.324 e. The average molecular weight is 765 g/mol. The normalized spacial score (nSPS) is 12.1. The number of benzene rings is 5. The number of anilines is 2. The van der Waals surface area contributed by atoms with Gasteiger partial charge in [0.05, 0.1) is 11.3 Å². The molecule has 5 aromatic rings. The third-order valence-electron chi connectivity index (χ3n) is 6.92. The quantitative estimate of drug-likeness (QED) is 0.0977. The Kier molecular flexibility index (Phi) is 11.6. The Morgan fingerprint density at radius 1 is 0.776 bits per heavy atom. The summed E-state index contributed by atoms with van der Waals surface area (Å²) in [5.74, 6) is -1.78. The van der Waals surface area contributed by atoms with Crippen molar-refractivity contribution in [3.05, 3.63) is 165 Å². The third kappa shape index (κ3) is 9.85. The van der Waals surface area contributed by atoms with Crippen molar-refractivity contribution in [2.75, 3.05) is 10.6 Å². The van der Waals surface area contributed by atoms with Crippen LogP contribution in [0.15, 0.2) is 142 Å². The third-order valence-corrected chi connectivity index (χ3v) is 8.90. The lowest BCUT2D eigenvalue weighted by Gasteiger charge is -2.20. The van der Waals surface area contributed by atoms with Gasteiger partial charge in [-0.3, -0.25) is 14.4 Å². The van der Waals surface area contributed by atoms with Crippen LogP contribution in [-0.4, -0.2) is 17.7 Å². The van der Waals surface area contributed by atoms with Gasteiger partial charge in [-0.05, 0) is 77.9 Å². The van der Waals surface area contributed by atoms with Gasteiger partial charge in [0.15, 0.2) is 0 Å². The first-order valence-corrected chi connectivity index (χ1v) is 16.7. The molecule has 49 heavy (non-hydrogen) atoms. The maximum Gasteiger partial charge on any atom is 0.418 e. The SMILES string of the molecule is O=C(Nc1cccc(SC(C(=O)Nc2ccc(Cl)cc2C(F)(F)F)c2ccccc2)c1)/C(=C\c1cccc(Br)c1)NC(=O)c1ccccc1. The van der Waals surface area contributed by atoms with Crippen molar-refractivity contribution in [2.45, 2.75) is 16.3 Å². The zero-order valence-electron chi connectivity index (χ0n) is 25.3. The molecule has 0 radical (unpaired) electrons. The van der Waals surface area contributed by atoms with E-state index in [2.05, 4.69) is 31.9 Å². The molecule has 248 valence electrons. The van der Waals surface area contributed by atoms with Crippen LogP contribution in [0.1, 0.15) is 32.3 Å². The molecule has 0 heterocycles. The van der Waals surface area contributed by atoms with E-state index in [0.717, 1.165) is 28.4 Å². The van der Waals surface area contributed by atoms with E-state index >= 15 is 0 Å². The summed E-state index contributed by atoms with van der Waals surface area (Å²) in [5, 5.41) is 6.83. The number of halogens is 5. The Morgan fingerprint density at radius 2 is 1.47 bits per heavy atom. The lowest BCUT2D eigenvalue weighted by molar-refractivity contribution is -0.137. The monoisotopic (exact) mass is 763 g/mol. The van der Waals surface area contributed by atoms with Crippen LogP contribution >= 0.6 is 39.3 Å². The maximum absolute atomic E-state index is 13.8. The Balaban J connectivity index is 1.40. The van der Waals surface area contributed by atoms with Crippen molar-refractivity contribution in [1.82, 2.24) is 5.32 Å². The second kappa shape index (κ2) is 16.0. The van der Waals surface area contributed by atoms with Gasteiger partial charge in [-0.1, -0.05) is 94.3 Å². The first-order chi connectivity index (χ1) is 23.5. The van der Waals surface area contributed by atoms with Crippen LogP contribution in [-0.2, 0) is 15.8 Å². The molecule has 0 saturated heterocycles. The largest absolute Gasteiger partial charge is 0.418 e. The van der Waals surface area contributed by atoms with Crippen molar-refractivity contribution in [3.8, 4) is 0 Å². The Bertz CT molecular complexity index is 2010. The molecule has 0 aliphatic heterocycles. The number of hydrogen-bond donors (Lipinski definition) is 3. The molecule has 3 amide bonds. The highest BCUT2D eigenvalue weighted by Gasteiger charge is 2.35. The molecule has 5 aromatic carbocycles. The average Bonchev–Trinajstić information content (AvgIpc) is 3.08. The number of hydrogen-bond acceptors (Lipinski definition) is 4. The topological polar surface area (TPSA) is 87.3 Å². The van der Waals surface area contributed by atoms with E-state index in [0.29, 0.717) is 27.3 Å². The number of rotatable bonds is 10. The Labute approximate surface area is 297 Å². The van der Waals surface area contributed by atoms with Gasteiger partial charge in [0.25, 0.3) is 11.8 Å². The van der Waals surface area contributed by atoms with Crippen LogP contribution in [0.25, 0.3) is 6.08 Å². The second-order valence-corrected chi connectivity index (χ2v) is 13.0. The molecule has 0 aliphatic carbocycles. The number of carbonyl (C=O) groups excluding carboxylic acids is 3. The molecule has 0 saturated carbocycles. The highest BCUT2D eigenvalue weighted by Crippen LogP contribution is 2.40. The zero-order chi connectivity index (χ0) is 35.0. The van der Waals surface area contributed by atoms with Crippen molar-refractivity contribution in [2.24, 2.45) is 0 Å². The summed E-state index contributed by atoms with van der Waals surface area (Å²) in [5.41, 5.74) is 0.407. The maximum atomic E-state index is 13.8. The number of nitrogens with one attached hydrogen (secondary N) is 3. The van der Waals surface area contributed by atoms with Crippen LogP contribution in [0, 0.1) is 0 Å². The molecule has 0 aliphatic rings. The lowest BCUT2D eigenvalue weighted by atomic mass is 10.1. The van der Waals surface area contributed by atoms with Gasteiger partial charge in [0, 0.05) is 25.6 Å². The summed E-state index contributed by atoms with van der Waals surface area (Å²) in [6.45, 7) is 0.